The Morgan fingerprint density at radius 2 is 2.06 bits per heavy atom. The summed E-state index contributed by atoms with van der Waals surface area (Å²) in [7, 11) is 0. The molecule has 0 aliphatic heterocycles. The minimum atomic E-state index is 0.718. The second-order valence-electron chi connectivity index (χ2n) is 3.82. The summed E-state index contributed by atoms with van der Waals surface area (Å²) in [5, 5.41) is 0.718. The molecule has 3 nitrogen and oxygen atoms in total. The van der Waals surface area contributed by atoms with E-state index in [9.17, 15) is 0 Å². The lowest BCUT2D eigenvalue weighted by Gasteiger charge is -1.97. The molecule has 0 amide bonds. The third kappa shape index (κ3) is 3.77. The maximum absolute atomic E-state index is 5.84. The van der Waals surface area contributed by atoms with Crippen LogP contribution in [0.4, 0.5) is 0 Å². The van der Waals surface area contributed by atoms with E-state index in [0.29, 0.717) is 0 Å². The average Bonchev–Trinajstić information content (AvgIpc) is 2.84. The van der Waals surface area contributed by atoms with Gasteiger partial charge in [-0.05, 0) is 43.0 Å². The van der Waals surface area contributed by atoms with Crippen molar-refractivity contribution < 1.29 is 4.42 Å². The summed E-state index contributed by atoms with van der Waals surface area (Å²) >= 11 is 7.63. The van der Waals surface area contributed by atoms with Crippen LogP contribution in [0.1, 0.15) is 12.3 Å². The first-order chi connectivity index (χ1) is 8.79. The van der Waals surface area contributed by atoms with Gasteiger partial charge in [0.1, 0.15) is 0 Å². The van der Waals surface area contributed by atoms with Crippen molar-refractivity contribution in [3.8, 4) is 11.3 Å². The first-order valence-corrected chi connectivity index (χ1v) is 7.31. The summed E-state index contributed by atoms with van der Waals surface area (Å²) in [6, 6.07) is 7.53. The lowest BCUT2D eigenvalue weighted by Crippen LogP contribution is -1.99. The lowest BCUT2D eigenvalue weighted by molar-refractivity contribution is 0.530. The van der Waals surface area contributed by atoms with Crippen LogP contribution in [-0.2, 0) is 5.75 Å². The summed E-state index contributed by atoms with van der Waals surface area (Å²) in [6.07, 6.45) is 2.78. The molecule has 0 atom stereocenters. The largest absolute Gasteiger partial charge is 0.440 e. The molecule has 0 aliphatic carbocycles. The van der Waals surface area contributed by atoms with E-state index in [4.69, 9.17) is 21.8 Å². The van der Waals surface area contributed by atoms with E-state index in [0.717, 1.165) is 46.7 Å². The molecule has 5 heteroatoms. The molecule has 0 saturated heterocycles. The number of hydrogen-bond donors (Lipinski definition) is 1. The molecule has 1 aromatic carbocycles. The lowest BCUT2D eigenvalue weighted by atomic mass is 10.2. The predicted octanol–water partition coefficient (Wildman–Crippen LogP) is 3.58. The number of nitrogens with two attached hydrogens (primary N) is 1. The van der Waals surface area contributed by atoms with Gasteiger partial charge in [0.15, 0.2) is 5.76 Å². The Balaban J connectivity index is 1.95. The number of benzene rings is 1. The van der Waals surface area contributed by atoms with Gasteiger partial charge < -0.3 is 10.2 Å². The van der Waals surface area contributed by atoms with Crippen LogP contribution >= 0.6 is 23.4 Å². The fraction of sp³-hybridized carbons (Fsp3) is 0.308. The fourth-order valence-corrected chi connectivity index (χ4v) is 2.42. The van der Waals surface area contributed by atoms with Gasteiger partial charge >= 0.3 is 0 Å². The van der Waals surface area contributed by atoms with Crippen LogP contribution in [0.15, 0.2) is 34.9 Å². The van der Waals surface area contributed by atoms with Gasteiger partial charge in [0.05, 0.1) is 11.9 Å². The Bertz CT molecular complexity index is 484. The van der Waals surface area contributed by atoms with Crippen molar-refractivity contribution in [3.63, 3.8) is 0 Å². The Labute approximate surface area is 116 Å². The molecule has 0 spiro atoms. The number of thioether (sulfide) groups is 1. The van der Waals surface area contributed by atoms with Crippen LogP contribution < -0.4 is 5.73 Å². The fourth-order valence-electron chi connectivity index (χ4n) is 1.47. The van der Waals surface area contributed by atoms with Crippen molar-refractivity contribution in [2.45, 2.75) is 12.2 Å². The second kappa shape index (κ2) is 6.83. The molecular weight excluding hydrogens is 268 g/mol. The van der Waals surface area contributed by atoms with Crippen LogP contribution in [0, 0.1) is 0 Å². The molecule has 0 fully saturated rings. The Hall–Kier alpha value is -0.970. The summed E-state index contributed by atoms with van der Waals surface area (Å²) in [5.74, 6) is 3.35. The maximum atomic E-state index is 5.84. The third-order valence-corrected chi connectivity index (χ3v) is 3.68. The molecule has 0 saturated carbocycles. The minimum Gasteiger partial charge on any atom is -0.440 e. The second-order valence-corrected chi connectivity index (χ2v) is 5.36. The smallest absolute Gasteiger partial charge is 0.204 e. The van der Waals surface area contributed by atoms with Crippen LogP contribution in [0.25, 0.3) is 11.3 Å². The predicted molar refractivity (Wildman–Crippen MR) is 76.8 cm³/mol. The number of nitrogens with zero attached hydrogens (tertiary/aromatic N) is 1. The molecule has 0 unspecified atom stereocenters. The zero-order chi connectivity index (χ0) is 12.8. The molecule has 2 N–H and O–H groups in total. The topological polar surface area (TPSA) is 52.0 Å². The molecule has 2 rings (SSSR count). The SMILES string of the molecule is NCCCSCc1ncc(-c2ccc(Cl)cc2)o1. The Kier molecular flexibility index (Phi) is 5.11. The van der Waals surface area contributed by atoms with Crippen molar-refractivity contribution in [2.75, 3.05) is 12.3 Å². The highest BCUT2D eigenvalue weighted by Crippen LogP contribution is 2.23. The highest BCUT2D eigenvalue weighted by atomic mass is 35.5. The zero-order valence-corrected chi connectivity index (χ0v) is 11.5. The monoisotopic (exact) mass is 282 g/mol. The highest BCUT2D eigenvalue weighted by molar-refractivity contribution is 7.98. The van der Waals surface area contributed by atoms with Gasteiger partial charge in [0.2, 0.25) is 5.89 Å². The van der Waals surface area contributed by atoms with Crippen molar-refractivity contribution >= 4 is 23.4 Å². The van der Waals surface area contributed by atoms with Crippen molar-refractivity contribution in [2.24, 2.45) is 5.73 Å². The normalized spacial score (nSPS) is 10.8. The molecule has 18 heavy (non-hydrogen) atoms. The van der Waals surface area contributed by atoms with Gasteiger partial charge in [-0.15, -0.1) is 0 Å². The van der Waals surface area contributed by atoms with Gasteiger partial charge in [-0.3, -0.25) is 0 Å². The molecule has 0 radical (unpaired) electrons. The van der Waals surface area contributed by atoms with Gasteiger partial charge in [-0.2, -0.15) is 11.8 Å². The standard InChI is InChI=1S/C13H15ClN2OS/c14-11-4-2-10(3-5-11)12-8-16-13(17-12)9-18-7-1-6-15/h2-5,8H,1,6-7,9,15H2. The maximum Gasteiger partial charge on any atom is 0.204 e. The summed E-state index contributed by atoms with van der Waals surface area (Å²) in [5.41, 5.74) is 6.43. The molecule has 0 aliphatic rings. The van der Waals surface area contributed by atoms with Gasteiger partial charge in [-0.1, -0.05) is 11.6 Å². The summed E-state index contributed by atoms with van der Waals surface area (Å²) in [6.45, 7) is 0.731. The van der Waals surface area contributed by atoms with E-state index in [1.54, 1.807) is 18.0 Å². The molecule has 0 bridgehead atoms. The zero-order valence-electron chi connectivity index (χ0n) is 9.93. The Morgan fingerprint density at radius 1 is 1.28 bits per heavy atom. The molecule has 2 aromatic rings. The number of aromatic nitrogens is 1. The number of hydrogen-bond acceptors (Lipinski definition) is 4. The summed E-state index contributed by atoms with van der Waals surface area (Å²) in [4.78, 5) is 4.26. The van der Waals surface area contributed by atoms with Crippen LogP contribution in [-0.4, -0.2) is 17.3 Å². The first kappa shape index (κ1) is 13.5. The van der Waals surface area contributed by atoms with Gasteiger partial charge in [-0.25, -0.2) is 4.98 Å². The molecule has 1 heterocycles. The molecule has 96 valence electrons. The molecule has 1 aromatic heterocycles. The quantitative estimate of drug-likeness (QED) is 0.823. The number of oxazole rings is 1. The van der Waals surface area contributed by atoms with E-state index >= 15 is 0 Å². The van der Waals surface area contributed by atoms with E-state index in [1.807, 2.05) is 24.3 Å². The highest BCUT2D eigenvalue weighted by Gasteiger charge is 2.06. The van der Waals surface area contributed by atoms with Gasteiger partial charge in [0.25, 0.3) is 0 Å². The van der Waals surface area contributed by atoms with E-state index < -0.39 is 0 Å². The van der Waals surface area contributed by atoms with Crippen molar-refractivity contribution in [1.29, 1.82) is 0 Å². The summed E-state index contributed by atoms with van der Waals surface area (Å²) < 4.78 is 5.68. The van der Waals surface area contributed by atoms with Crippen LogP contribution in [0.2, 0.25) is 5.02 Å². The number of halogens is 1. The van der Waals surface area contributed by atoms with Crippen molar-refractivity contribution in [1.82, 2.24) is 4.98 Å². The average molecular weight is 283 g/mol. The first-order valence-electron chi connectivity index (χ1n) is 5.78. The third-order valence-electron chi connectivity index (χ3n) is 2.40. The van der Waals surface area contributed by atoms with Gasteiger partial charge in [0, 0.05) is 10.6 Å². The van der Waals surface area contributed by atoms with Crippen LogP contribution in [0.3, 0.4) is 0 Å². The van der Waals surface area contributed by atoms with E-state index in [2.05, 4.69) is 4.98 Å². The van der Waals surface area contributed by atoms with Crippen molar-refractivity contribution in [3.05, 3.63) is 41.4 Å². The molecular formula is C13H15ClN2OS. The number of rotatable bonds is 6. The van der Waals surface area contributed by atoms with E-state index in [-0.39, 0.29) is 0 Å². The van der Waals surface area contributed by atoms with E-state index in [1.165, 1.54) is 0 Å². The Morgan fingerprint density at radius 3 is 2.78 bits per heavy atom. The van der Waals surface area contributed by atoms with Crippen LogP contribution in [0.5, 0.6) is 0 Å². The minimum absolute atomic E-state index is 0.718.